The Kier molecular flexibility index (Phi) is 6.69. The van der Waals surface area contributed by atoms with Gasteiger partial charge in [0.1, 0.15) is 0 Å². The average molecular weight is 345 g/mol. The van der Waals surface area contributed by atoms with E-state index in [0.717, 1.165) is 30.4 Å². The van der Waals surface area contributed by atoms with Gasteiger partial charge in [-0.05, 0) is 56.3 Å². The molecule has 2 atom stereocenters. The number of halogens is 1. The molecule has 0 aliphatic carbocycles. The van der Waals surface area contributed by atoms with Gasteiger partial charge in [-0.2, -0.15) is 5.10 Å². The predicted octanol–water partition coefficient (Wildman–Crippen LogP) is 3.44. The van der Waals surface area contributed by atoms with Gasteiger partial charge >= 0.3 is 0 Å². The third kappa shape index (κ3) is 3.43. The van der Waals surface area contributed by atoms with Crippen molar-refractivity contribution in [1.29, 1.82) is 0 Å². The van der Waals surface area contributed by atoms with E-state index in [1.165, 1.54) is 5.69 Å². The number of aryl methyl sites for hydroxylation is 1. The van der Waals surface area contributed by atoms with E-state index >= 15 is 0 Å². The first-order valence-electron chi connectivity index (χ1n) is 7.54. The summed E-state index contributed by atoms with van der Waals surface area (Å²) in [6, 6.07) is 0.246. The molecular weight excluding hydrogens is 316 g/mol. The second-order valence-corrected chi connectivity index (χ2v) is 6.55. The average Bonchev–Trinajstić information content (AvgIpc) is 2.76. The normalized spacial score (nSPS) is 16.4. The maximum absolute atomic E-state index is 4.53. The fourth-order valence-corrected chi connectivity index (χ4v) is 3.17. The van der Waals surface area contributed by atoms with Gasteiger partial charge in [-0.15, -0.1) is 0 Å². The lowest BCUT2D eigenvalue weighted by Gasteiger charge is -2.43. The topological polar surface area (TPSA) is 33.1 Å². The molecule has 1 aromatic rings. The Morgan fingerprint density at radius 1 is 1.40 bits per heavy atom. The number of aromatic nitrogens is 2. The van der Waals surface area contributed by atoms with Crippen LogP contribution in [0.2, 0.25) is 0 Å². The van der Waals surface area contributed by atoms with Crippen LogP contribution >= 0.6 is 15.9 Å². The van der Waals surface area contributed by atoms with E-state index in [1.807, 2.05) is 6.20 Å². The molecule has 116 valence electrons. The number of likely N-dealkylation sites (N-methyl/N-ethyl adjacent to an activating group) is 2. The van der Waals surface area contributed by atoms with Crippen LogP contribution in [-0.2, 0) is 6.54 Å². The molecule has 0 aromatic carbocycles. The fraction of sp³-hybridized carbons (Fsp3) is 0.800. The molecule has 0 aliphatic rings. The number of nitrogens with zero attached hydrogens (tertiary/aromatic N) is 3. The van der Waals surface area contributed by atoms with Crippen LogP contribution in [0.4, 0.5) is 0 Å². The largest absolute Gasteiger partial charge is 0.307 e. The molecule has 0 amide bonds. The van der Waals surface area contributed by atoms with Gasteiger partial charge in [-0.25, -0.2) is 0 Å². The standard InChI is InChI=1S/C15H29BrN4/c1-7-10-20-13(12(16)11-18-20)14(17-9-3)15(4,8-2)19(5)6/h11,14,17H,7-10H2,1-6H3. The van der Waals surface area contributed by atoms with Crippen LogP contribution < -0.4 is 5.32 Å². The van der Waals surface area contributed by atoms with Gasteiger partial charge < -0.3 is 10.2 Å². The van der Waals surface area contributed by atoms with E-state index in [2.05, 4.69) is 77.7 Å². The summed E-state index contributed by atoms with van der Waals surface area (Å²) in [4.78, 5) is 2.32. The Morgan fingerprint density at radius 3 is 2.50 bits per heavy atom. The summed E-state index contributed by atoms with van der Waals surface area (Å²) in [6.45, 7) is 10.8. The first kappa shape index (κ1) is 17.7. The zero-order valence-electron chi connectivity index (χ0n) is 13.7. The highest BCUT2D eigenvalue weighted by atomic mass is 79.9. The molecule has 20 heavy (non-hydrogen) atoms. The summed E-state index contributed by atoms with van der Waals surface area (Å²) in [6.07, 6.45) is 4.08. The summed E-state index contributed by atoms with van der Waals surface area (Å²) < 4.78 is 3.23. The first-order chi connectivity index (χ1) is 9.42. The Bertz CT molecular complexity index is 416. The zero-order chi connectivity index (χ0) is 15.3. The lowest BCUT2D eigenvalue weighted by Crippen LogP contribution is -2.52. The lowest BCUT2D eigenvalue weighted by atomic mass is 9.85. The molecule has 0 aliphatic heterocycles. The molecule has 1 N–H and O–H groups in total. The van der Waals surface area contributed by atoms with Crippen molar-refractivity contribution in [2.24, 2.45) is 0 Å². The molecule has 1 aromatic heterocycles. The lowest BCUT2D eigenvalue weighted by molar-refractivity contribution is 0.108. The molecule has 1 rings (SSSR count). The zero-order valence-corrected chi connectivity index (χ0v) is 15.3. The maximum atomic E-state index is 4.53. The van der Waals surface area contributed by atoms with Crippen LogP contribution in [0, 0.1) is 0 Å². The smallest absolute Gasteiger partial charge is 0.0714 e. The van der Waals surface area contributed by atoms with Crippen molar-refractivity contribution in [2.75, 3.05) is 20.6 Å². The van der Waals surface area contributed by atoms with Crippen molar-refractivity contribution < 1.29 is 0 Å². The van der Waals surface area contributed by atoms with Crippen LogP contribution in [0.25, 0.3) is 0 Å². The van der Waals surface area contributed by atoms with Crippen LogP contribution in [0.3, 0.4) is 0 Å². The predicted molar refractivity (Wildman–Crippen MR) is 89.0 cm³/mol. The molecule has 0 saturated heterocycles. The molecule has 0 fully saturated rings. The number of rotatable bonds is 8. The van der Waals surface area contributed by atoms with E-state index in [-0.39, 0.29) is 11.6 Å². The third-order valence-corrected chi connectivity index (χ3v) is 4.92. The highest BCUT2D eigenvalue weighted by Crippen LogP contribution is 2.36. The van der Waals surface area contributed by atoms with Crippen LogP contribution in [0.15, 0.2) is 10.7 Å². The van der Waals surface area contributed by atoms with E-state index in [1.54, 1.807) is 0 Å². The summed E-state index contributed by atoms with van der Waals surface area (Å²) in [5.41, 5.74) is 1.30. The fourth-order valence-electron chi connectivity index (χ4n) is 2.64. The molecule has 2 unspecified atom stereocenters. The van der Waals surface area contributed by atoms with Crippen molar-refractivity contribution >= 4 is 15.9 Å². The quantitative estimate of drug-likeness (QED) is 0.784. The Morgan fingerprint density at radius 2 is 2.05 bits per heavy atom. The van der Waals surface area contributed by atoms with Gasteiger partial charge in [0.25, 0.3) is 0 Å². The van der Waals surface area contributed by atoms with Gasteiger partial charge in [0.15, 0.2) is 0 Å². The van der Waals surface area contributed by atoms with Crippen LogP contribution in [-0.4, -0.2) is 40.9 Å². The van der Waals surface area contributed by atoms with Gasteiger partial charge in [-0.3, -0.25) is 4.68 Å². The summed E-state index contributed by atoms with van der Waals surface area (Å²) in [7, 11) is 4.31. The van der Waals surface area contributed by atoms with Crippen LogP contribution in [0.5, 0.6) is 0 Å². The summed E-state index contributed by atoms with van der Waals surface area (Å²) >= 11 is 3.69. The van der Waals surface area contributed by atoms with E-state index < -0.39 is 0 Å². The minimum atomic E-state index is 0.0457. The van der Waals surface area contributed by atoms with Crippen molar-refractivity contribution in [1.82, 2.24) is 20.0 Å². The number of hydrogen-bond donors (Lipinski definition) is 1. The third-order valence-electron chi connectivity index (χ3n) is 4.31. The molecule has 1 heterocycles. The highest BCUT2D eigenvalue weighted by Gasteiger charge is 2.38. The van der Waals surface area contributed by atoms with Gasteiger partial charge in [0, 0.05) is 12.1 Å². The monoisotopic (exact) mass is 344 g/mol. The second-order valence-electron chi connectivity index (χ2n) is 5.70. The summed E-state index contributed by atoms with van der Waals surface area (Å²) in [5.74, 6) is 0. The van der Waals surface area contributed by atoms with Gasteiger partial charge in [0.05, 0.1) is 22.4 Å². The van der Waals surface area contributed by atoms with Crippen molar-refractivity contribution in [2.45, 2.75) is 58.7 Å². The summed E-state index contributed by atoms with van der Waals surface area (Å²) in [5, 5.41) is 8.19. The Balaban J connectivity index is 3.29. The molecule has 4 nitrogen and oxygen atoms in total. The van der Waals surface area contributed by atoms with Gasteiger partial charge in [-0.1, -0.05) is 20.8 Å². The van der Waals surface area contributed by atoms with E-state index in [4.69, 9.17) is 0 Å². The highest BCUT2D eigenvalue weighted by molar-refractivity contribution is 9.10. The molecule has 0 bridgehead atoms. The number of hydrogen-bond acceptors (Lipinski definition) is 3. The molecular formula is C15H29BrN4. The second kappa shape index (κ2) is 7.57. The van der Waals surface area contributed by atoms with Crippen LogP contribution in [0.1, 0.15) is 52.3 Å². The number of nitrogens with one attached hydrogen (secondary N) is 1. The first-order valence-corrected chi connectivity index (χ1v) is 8.33. The van der Waals surface area contributed by atoms with E-state index in [9.17, 15) is 0 Å². The minimum absolute atomic E-state index is 0.0457. The Labute approximate surface area is 132 Å². The molecule has 0 spiro atoms. The van der Waals surface area contributed by atoms with Gasteiger partial charge in [0.2, 0.25) is 0 Å². The maximum Gasteiger partial charge on any atom is 0.0714 e. The molecule has 0 saturated carbocycles. The molecule has 5 heteroatoms. The van der Waals surface area contributed by atoms with E-state index in [0.29, 0.717) is 0 Å². The Hall–Kier alpha value is -0.390. The van der Waals surface area contributed by atoms with Crippen molar-refractivity contribution in [3.63, 3.8) is 0 Å². The van der Waals surface area contributed by atoms with Crippen molar-refractivity contribution in [3.8, 4) is 0 Å². The molecule has 0 radical (unpaired) electrons. The van der Waals surface area contributed by atoms with Crippen molar-refractivity contribution in [3.05, 3.63) is 16.4 Å². The SMILES string of the molecule is CCCn1ncc(Br)c1C(NCC)C(C)(CC)N(C)C. The minimum Gasteiger partial charge on any atom is -0.307 e.